The van der Waals surface area contributed by atoms with Crippen molar-refractivity contribution in [3.05, 3.63) is 35.5 Å². The van der Waals surface area contributed by atoms with Gasteiger partial charge in [0.25, 0.3) is 0 Å². The number of carbonyl (C=O) groups is 1. The van der Waals surface area contributed by atoms with Crippen LogP contribution in [0.5, 0.6) is 0 Å². The Balaban J connectivity index is 0.00000533. The highest BCUT2D eigenvalue weighted by atomic mass is 19.4. The van der Waals surface area contributed by atoms with Crippen LogP contribution in [0.3, 0.4) is 0 Å². The van der Waals surface area contributed by atoms with Crippen molar-refractivity contribution in [2.24, 2.45) is 17.3 Å². The SMILES string of the molecule is C.CC(=O)O[C@H]1CCC/C(=C/C=C2\CCC[C@@H](C)C2C/C=C/C2(CC#CC(O)(C(F)(F)F)C(F)(F)F)CC2)C1. The van der Waals surface area contributed by atoms with Crippen molar-refractivity contribution in [3.63, 3.8) is 0 Å². The van der Waals surface area contributed by atoms with Crippen molar-refractivity contribution >= 4 is 5.97 Å². The summed E-state index contributed by atoms with van der Waals surface area (Å²) in [7, 11) is 0. The van der Waals surface area contributed by atoms with Crippen molar-refractivity contribution in [1.82, 2.24) is 0 Å². The first kappa shape index (κ1) is 33.0. The van der Waals surface area contributed by atoms with Gasteiger partial charge in [0.05, 0.1) is 0 Å². The average Bonchev–Trinajstić information content (AvgIpc) is 3.57. The molecule has 0 aromatic heterocycles. The van der Waals surface area contributed by atoms with E-state index in [0.717, 1.165) is 57.3 Å². The molecule has 3 aliphatic rings. The first-order valence-electron chi connectivity index (χ1n) is 13.2. The molecule has 0 bridgehead atoms. The van der Waals surface area contributed by atoms with E-state index >= 15 is 0 Å². The number of carbonyl (C=O) groups excluding carboxylic acids is 1. The maximum Gasteiger partial charge on any atom is 0.438 e. The van der Waals surface area contributed by atoms with Gasteiger partial charge in [-0.05, 0) is 81.0 Å². The van der Waals surface area contributed by atoms with Crippen molar-refractivity contribution in [2.45, 2.75) is 116 Å². The van der Waals surface area contributed by atoms with E-state index in [0.29, 0.717) is 24.7 Å². The fourth-order valence-corrected chi connectivity index (χ4v) is 5.41. The summed E-state index contributed by atoms with van der Waals surface area (Å²) >= 11 is 0. The summed E-state index contributed by atoms with van der Waals surface area (Å²) in [6.45, 7) is 3.62. The molecule has 0 aliphatic heterocycles. The second-order valence-corrected chi connectivity index (χ2v) is 11.1. The maximum atomic E-state index is 12.9. The highest BCUT2D eigenvalue weighted by Crippen LogP contribution is 2.51. The molecule has 0 radical (unpaired) electrons. The van der Waals surface area contributed by atoms with Gasteiger partial charge in [0.2, 0.25) is 0 Å². The van der Waals surface area contributed by atoms with E-state index in [1.807, 2.05) is 18.1 Å². The molecule has 0 amide bonds. The molecule has 0 saturated heterocycles. The highest BCUT2D eigenvalue weighted by molar-refractivity contribution is 5.66. The topological polar surface area (TPSA) is 46.5 Å². The van der Waals surface area contributed by atoms with E-state index in [4.69, 9.17) is 4.74 Å². The number of ether oxygens (including phenoxy) is 1. The monoisotopic (exact) mass is 562 g/mol. The molecule has 9 heteroatoms. The van der Waals surface area contributed by atoms with Gasteiger partial charge in [0, 0.05) is 19.8 Å². The van der Waals surface area contributed by atoms with E-state index < -0.39 is 23.4 Å². The average molecular weight is 563 g/mol. The lowest BCUT2D eigenvalue weighted by Gasteiger charge is -2.31. The zero-order valence-electron chi connectivity index (χ0n) is 21.9. The Hall–Kier alpha value is -2.21. The minimum absolute atomic E-state index is 0. The minimum atomic E-state index is -5.93. The first-order chi connectivity index (χ1) is 17.7. The van der Waals surface area contributed by atoms with Gasteiger partial charge in [-0.25, -0.2) is 0 Å². The summed E-state index contributed by atoms with van der Waals surface area (Å²) in [4.78, 5) is 11.3. The molecule has 1 unspecified atom stereocenters. The molecular weight excluding hydrogens is 522 g/mol. The highest BCUT2D eigenvalue weighted by Gasteiger charge is 2.70. The van der Waals surface area contributed by atoms with Crippen LogP contribution in [0.25, 0.3) is 0 Å². The smallest absolute Gasteiger partial charge is 0.438 e. The van der Waals surface area contributed by atoms with Gasteiger partial charge in [0.15, 0.2) is 0 Å². The number of allylic oxidation sites excluding steroid dienone is 5. The summed E-state index contributed by atoms with van der Waals surface area (Å²) in [5.41, 5.74) is -2.97. The molecule has 3 nitrogen and oxygen atoms in total. The summed E-state index contributed by atoms with van der Waals surface area (Å²) in [6.07, 6.45) is 4.81. The Morgan fingerprint density at radius 3 is 2.31 bits per heavy atom. The lowest BCUT2D eigenvalue weighted by atomic mass is 9.74. The lowest BCUT2D eigenvalue weighted by molar-refractivity contribution is -0.343. The zero-order valence-corrected chi connectivity index (χ0v) is 21.9. The van der Waals surface area contributed by atoms with Gasteiger partial charge in [0.1, 0.15) is 6.10 Å². The van der Waals surface area contributed by atoms with Crippen molar-refractivity contribution < 1.29 is 41.0 Å². The van der Waals surface area contributed by atoms with Crippen LogP contribution in [0.1, 0.15) is 91.9 Å². The Morgan fingerprint density at radius 2 is 1.72 bits per heavy atom. The molecule has 220 valence electrons. The van der Waals surface area contributed by atoms with E-state index in [9.17, 15) is 36.2 Å². The molecule has 3 saturated carbocycles. The second-order valence-electron chi connectivity index (χ2n) is 11.1. The molecular formula is C30H40F6O3. The van der Waals surface area contributed by atoms with Crippen LogP contribution in [0.15, 0.2) is 35.5 Å². The third-order valence-electron chi connectivity index (χ3n) is 7.95. The standard InChI is InChI=1S/C29H36F6O3.CH4/c1-20-7-3-9-23(13-12-22-8-4-10-24(19-22)38-21(2)36)25(20)11-5-14-26(17-18-26)15-6-16-27(37,28(30,31)32)29(33,34)35;/h5,12-14,20,24-25,37H,3-4,7-11,15,17-19H2,1-2H3;1H4/b14-5+,22-12-,23-13+;/t20-,24+,25?;/m1./s1. The molecule has 0 aromatic carbocycles. The number of aliphatic hydroxyl groups is 1. The molecule has 39 heavy (non-hydrogen) atoms. The number of halogens is 6. The van der Waals surface area contributed by atoms with Crippen LogP contribution in [-0.2, 0) is 9.53 Å². The number of esters is 1. The summed E-state index contributed by atoms with van der Waals surface area (Å²) in [6, 6.07) is 0. The fourth-order valence-electron chi connectivity index (χ4n) is 5.41. The molecule has 0 aromatic rings. The van der Waals surface area contributed by atoms with E-state index in [1.165, 1.54) is 18.1 Å². The van der Waals surface area contributed by atoms with Crippen LogP contribution < -0.4 is 0 Å². The lowest BCUT2D eigenvalue weighted by Crippen LogP contribution is -2.55. The molecule has 0 spiro atoms. The largest absolute Gasteiger partial charge is 0.462 e. The fraction of sp³-hybridized carbons (Fsp3) is 0.700. The Bertz CT molecular complexity index is 990. The quantitative estimate of drug-likeness (QED) is 0.153. The van der Waals surface area contributed by atoms with Gasteiger partial charge < -0.3 is 9.84 Å². The molecule has 3 aliphatic carbocycles. The van der Waals surface area contributed by atoms with E-state index in [1.54, 1.807) is 0 Å². The molecule has 0 heterocycles. The van der Waals surface area contributed by atoms with Gasteiger partial charge in [-0.3, -0.25) is 4.79 Å². The predicted molar refractivity (Wildman–Crippen MR) is 138 cm³/mol. The van der Waals surface area contributed by atoms with E-state index in [2.05, 4.69) is 19.1 Å². The van der Waals surface area contributed by atoms with Crippen LogP contribution in [-0.4, -0.2) is 35.1 Å². The number of rotatable bonds is 6. The minimum Gasteiger partial charge on any atom is -0.462 e. The van der Waals surface area contributed by atoms with Gasteiger partial charge in [-0.1, -0.05) is 55.7 Å². The number of hydrogen-bond donors (Lipinski definition) is 1. The van der Waals surface area contributed by atoms with Crippen LogP contribution in [0, 0.1) is 29.1 Å². The summed E-state index contributed by atoms with van der Waals surface area (Å²) < 4.78 is 82.5. The third-order valence-corrected chi connectivity index (χ3v) is 7.95. The summed E-state index contributed by atoms with van der Waals surface area (Å²) in [5, 5.41) is 9.23. The molecule has 1 N–H and O–H groups in total. The number of alkyl halides is 6. The van der Waals surface area contributed by atoms with Crippen molar-refractivity contribution in [2.75, 3.05) is 0 Å². The predicted octanol–water partition coefficient (Wildman–Crippen LogP) is 8.39. The zero-order chi connectivity index (χ0) is 28.2. The Kier molecular flexibility index (Phi) is 11.0. The summed E-state index contributed by atoms with van der Waals surface area (Å²) in [5.74, 6) is 3.52. The maximum absolute atomic E-state index is 12.9. The Morgan fingerprint density at radius 1 is 1.08 bits per heavy atom. The van der Waals surface area contributed by atoms with Gasteiger partial charge >= 0.3 is 23.9 Å². The van der Waals surface area contributed by atoms with Crippen molar-refractivity contribution in [1.29, 1.82) is 0 Å². The molecule has 3 atom stereocenters. The second kappa shape index (κ2) is 13.0. The number of hydrogen-bond acceptors (Lipinski definition) is 3. The van der Waals surface area contributed by atoms with Gasteiger partial charge in [-0.15, -0.1) is 0 Å². The molecule has 3 rings (SSSR count). The Labute approximate surface area is 227 Å². The van der Waals surface area contributed by atoms with Gasteiger partial charge in [-0.2, -0.15) is 26.3 Å². The van der Waals surface area contributed by atoms with Crippen LogP contribution in [0.4, 0.5) is 26.3 Å². The van der Waals surface area contributed by atoms with Crippen LogP contribution in [0.2, 0.25) is 0 Å². The molecule has 3 fully saturated rings. The van der Waals surface area contributed by atoms with Crippen LogP contribution >= 0.6 is 0 Å². The van der Waals surface area contributed by atoms with E-state index in [-0.39, 0.29) is 25.9 Å². The first-order valence-corrected chi connectivity index (χ1v) is 13.2. The van der Waals surface area contributed by atoms with Crippen molar-refractivity contribution in [3.8, 4) is 11.8 Å². The third kappa shape index (κ3) is 8.64. The normalized spacial score (nSPS) is 27.6.